The van der Waals surface area contributed by atoms with Crippen molar-refractivity contribution in [2.45, 2.75) is 39.2 Å². The molecule has 0 bridgehead atoms. The molecular formula is C15H20O4. The van der Waals surface area contributed by atoms with Gasteiger partial charge in [-0.05, 0) is 37.0 Å². The number of hydrogen-bond donors (Lipinski definition) is 2. The van der Waals surface area contributed by atoms with E-state index in [9.17, 15) is 14.7 Å². The lowest BCUT2D eigenvalue weighted by Crippen LogP contribution is -2.35. The van der Waals surface area contributed by atoms with Crippen LogP contribution in [0.3, 0.4) is 0 Å². The molecule has 4 heteroatoms. The zero-order valence-electron chi connectivity index (χ0n) is 11.5. The minimum atomic E-state index is -1.19. The van der Waals surface area contributed by atoms with Crippen molar-refractivity contribution in [2.75, 3.05) is 0 Å². The Hall–Kier alpha value is -1.68. The summed E-state index contributed by atoms with van der Waals surface area (Å²) in [4.78, 5) is 22.1. The zero-order chi connectivity index (χ0) is 14.6. The molecule has 1 aliphatic carbocycles. The number of carboxylic acid groups (broad SMARTS) is 1. The lowest BCUT2D eigenvalue weighted by molar-refractivity contribution is -0.131. The molecular weight excluding hydrogens is 244 g/mol. The van der Waals surface area contributed by atoms with Crippen molar-refractivity contribution in [1.29, 1.82) is 0 Å². The SMILES string of the molecule is CC1=CCC(=O)C[C@H](C)C1(O)/C=C/C(C)=C\C(=O)O. The predicted molar refractivity (Wildman–Crippen MR) is 72.6 cm³/mol. The van der Waals surface area contributed by atoms with Crippen LogP contribution < -0.4 is 0 Å². The van der Waals surface area contributed by atoms with Crippen LogP contribution in [-0.4, -0.2) is 27.6 Å². The number of hydrogen-bond acceptors (Lipinski definition) is 3. The second-order valence-electron chi connectivity index (χ2n) is 5.12. The molecule has 1 rings (SSSR count). The predicted octanol–water partition coefficient (Wildman–Crippen LogP) is 2.25. The Morgan fingerprint density at radius 2 is 2.16 bits per heavy atom. The van der Waals surface area contributed by atoms with E-state index in [-0.39, 0.29) is 11.7 Å². The van der Waals surface area contributed by atoms with Gasteiger partial charge in [-0.15, -0.1) is 0 Å². The first-order chi connectivity index (χ1) is 8.75. The highest BCUT2D eigenvalue weighted by atomic mass is 16.4. The molecule has 0 radical (unpaired) electrons. The fourth-order valence-electron chi connectivity index (χ4n) is 2.20. The zero-order valence-corrected chi connectivity index (χ0v) is 11.5. The first-order valence-corrected chi connectivity index (χ1v) is 6.27. The van der Waals surface area contributed by atoms with E-state index in [0.29, 0.717) is 18.4 Å². The van der Waals surface area contributed by atoms with Crippen molar-refractivity contribution in [2.24, 2.45) is 5.92 Å². The Bertz CT molecular complexity index is 471. The molecule has 0 heterocycles. The molecule has 1 aliphatic rings. The quantitative estimate of drug-likeness (QED) is 0.466. The van der Waals surface area contributed by atoms with Gasteiger partial charge >= 0.3 is 5.97 Å². The van der Waals surface area contributed by atoms with Crippen LogP contribution >= 0.6 is 0 Å². The molecule has 0 aromatic rings. The van der Waals surface area contributed by atoms with Gasteiger partial charge in [-0.25, -0.2) is 4.79 Å². The standard InChI is InChI=1S/C15H20O4/c1-10(8-14(17)18)6-7-15(19)11(2)4-5-13(16)9-12(15)3/h4,6-8,12,19H,5,9H2,1-3H3,(H,17,18)/b7-6+,10-8-/t12-,15?/m0/s1. The molecule has 2 atom stereocenters. The van der Waals surface area contributed by atoms with Gasteiger partial charge in [-0.1, -0.05) is 19.1 Å². The Balaban J connectivity index is 3.04. The Kier molecular flexibility index (Phi) is 4.84. The summed E-state index contributed by atoms with van der Waals surface area (Å²) in [7, 11) is 0. The van der Waals surface area contributed by atoms with E-state index in [1.165, 1.54) is 0 Å². The highest BCUT2D eigenvalue weighted by Gasteiger charge is 2.35. The van der Waals surface area contributed by atoms with E-state index < -0.39 is 11.6 Å². The van der Waals surface area contributed by atoms with Crippen LogP contribution in [0.15, 0.2) is 35.5 Å². The topological polar surface area (TPSA) is 74.6 Å². The van der Waals surface area contributed by atoms with Gasteiger partial charge < -0.3 is 10.2 Å². The number of ketones is 1. The van der Waals surface area contributed by atoms with E-state index in [1.807, 2.05) is 6.92 Å². The molecule has 0 aliphatic heterocycles. The summed E-state index contributed by atoms with van der Waals surface area (Å²) in [6.45, 7) is 5.26. The van der Waals surface area contributed by atoms with Crippen LogP contribution in [0.2, 0.25) is 0 Å². The summed E-state index contributed by atoms with van der Waals surface area (Å²) in [5, 5.41) is 19.3. The Morgan fingerprint density at radius 1 is 1.53 bits per heavy atom. The monoisotopic (exact) mass is 264 g/mol. The second kappa shape index (κ2) is 5.97. The smallest absolute Gasteiger partial charge is 0.328 e. The third-order valence-corrected chi connectivity index (χ3v) is 3.50. The van der Waals surface area contributed by atoms with Crippen molar-refractivity contribution in [3.63, 3.8) is 0 Å². The molecule has 0 saturated heterocycles. The summed E-state index contributed by atoms with van der Waals surface area (Å²) in [5.74, 6) is -1.15. The minimum Gasteiger partial charge on any atom is -0.478 e. The maximum Gasteiger partial charge on any atom is 0.328 e. The first kappa shape index (κ1) is 15.4. The van der Waals surface area contributed by atoms with Crippen LogP contribution in [0.1, 0.15) is 33.6 Å². The van der Waals surface area contributed by atoms with Crippen molar-refractivity contribution in [3.05, 3.63) is 35.5 Å². The van der Waals surface area contributed by atoms with E-state index in [2.05, 4.69) is 0 Å². The Labute approximate surface area is 113 Å². The van der Waals surface area contributed by atoms with Gasteiger partial charge in [0.25, 0.3) is 0 Å². The van der Waals surface area contributed by atoms with Crippen molar-refractivity contribution < 1.29 is 19.8 Å². The molecule has 4 nitrogen and oxygen atoms in total. The van der Waals surface area contributed by atoms with E-state index >= 15 is 0 Å². The number of carboxylic acids is 1. The number of aliphatic carboxylic acids is 1. The van der Waals surface area contributed by atoms with Gasteiger partial charge in [0.15, 0.2) is 0 Å². The number of allylic oxidation sites excluding steroid dienone is 3. The normalized spacial score (nSPS) is 29.3. The van der Waals surface area contributed by atoms with Gasteiger partial charge in [0.1, 0.15) is 11.4 Å². The van der Waals surface area contributed by atoms with Crippen molar-refractivity contribution in [1.82, 2.24) is 0 Å². The van der Waals surface area contributed by atoms with Crippen LogP contribution in [0, 0.1) is 5.92 Å². The highest BCUT2D eigenvalue weighted by Crippen LogP contribution is 2.33. The first-order valence-electron chi connectivity index (χ1n) is 6.27. The van der Waals surface area contributed by atoms with Crippen molar-refractivity contribution >= 4 is 11.8 Å². The van der Waals surface area contributed by atoms with Crippen LogP contribution in [0.4, 0.5) is 0 Å². The van der Waals surface area contributed by atoms with Gasteiger partial charge in [0.2, 0.25) is 0 Å². The fourth-order valence-corrected chi connectivity index (χ4v) is 2.20. The third-order valence-electron chi connectivity index (χ3n) is 3.50. The van der Waals surface area contributed by atoms with Crippen LogP contribution in [0.25, 0.3) is 0 Å². The number of aliphatic hydroxyl groups is 1. The number of carbonyl (C=O) groups is 2. The maximum atomic E-state index is 11.5. The summed E-state index contributed by atoms with van der Waals surface area (Å²) < 4.78 is 0. The summed E-state index contributed by atoms with van der Waals surface area (Å²) in [6, 6.07) is 0. The van der Waals surface area contributed by atoms with Crippen LogP contribution in [0.5, 0.6) is 0 Å². The van der Waals surface area contributed by atoms with E-state index in [0.717, 1.165) is 11.6 Å². The lowest BCUT2D eigenvalue weighted by atomic mass is 9.81. The van der Waals surface area contributed by atoms with Gasteiger partial charge in [0, 0.05) is 18.9 Å². The van der Waals surface area contributed by atoms with Gasteiger partial charge in [0.05, 0.1) is 0 Å². The molecule has 0 spiro atoms. The largest absolute Gasteiger partial charge is 0.478 e. The van der Waals surface area contributed by atoms with Crippen LogP contribution in [-0.2, 0) is 9.59 Å². The molecule has 19 heavy (non-hydrogen) atoms. The molecule has 104 valence electrons. The molecule has 0 fully saturated rings. The molecule has 2 N–H and O–H groups in total. The molecule has 0 aromatic carbocycles. The summed E-state index contributed by atoms with van der Waals surface area (Å²) in [5.41, 5.74) is 0.0708. The highest BCUT2D eigenvalue weighted by molar-refractivity contribution is 5.81. The summed E-state index contributed by atoms with van der Waals surface area (Å²) in [6.07, 6.45) is 6.64. The van der Waals surface area contributed by atoms with E-state index in [1.54, 1.807) is 32.1 Å². The number of Topliss-reactive ketones (excluding diaryl/α,β-unsaturated/α-hetero) is 1. The molecule has 0 aromatic heterocycles. The number of rotatable bonds is 3. The third kappa shape index (κ3) is 3.89. The lowest BCUT2D eigenvalue weighted by Gasteiger charge is -2.31. The Morgan fingerprint density at radius 3 is 2.74 bits per heavy atom. The maximum absolute atomic E-state index is 11.5. The van der Waals surface area contributed by atoms with Crippen molar-refractivity contribution in [3.8, 4) is 0 Å². The molecule has 0 amide bonds. The average molecular weight is 264 g/mol. The summed E-state index contributed by atoms with van der Waals surface area (Å²) >= 11 is 0. The van der Waals surface area contributed by atoms with E-state index in [4.69, 9.17) is 5.11 Å². The second-order valence-corrected chi connectivity index (χ2v) is 5.12. The molecule has 0 saturated carbocycles. The van der Waals surface area contributed by atoms with Gasteiger partial charge in [-0.3, -0.25) is 4.79 Å². The number of carbonyl (C=O) groups excluding carboxylic acids is 1. The minimum absolute atomic E-state index is 0.106. The van der Waals surface area contributed by atoms with Gasteiger partial charge in [-0.2, -0.15) is 0 Å². The average Bonchev–Trinajstić information content (AvgIpc) is 2.39. The molecule has 1 unspecified atom stereocenters. The fraction of sp³-hybridized carbons (Fsp3) is 0.467.